The number of amides is 1. The molecular weight excluding hydrogens is 390 g/mol. The zero-order chi connectivity index (χ0) is 19.3. The summed E-state index contributed by atoms with van der Waals surface area (Å²) in [6.45, 7) is 1.20. The van der Waals surface area contributed by atoms with Crippen molar-refractivity contribution in [3.8, 4) is 5.75 Å². The van der Waals surface area contributed by atoms with Gasteiger partial charge in [-0.3, -0.25) is 4.79 Å². The number of rotatable bonds is 6. The van der Waals surface area contributed by atoms with Gasteiger partial charge >= 0.3 is 0 Å². The topological polar surface area (TPSA) is 73.6 Å². The maximum Gasteiger partial charge on any atom is 0.232 e. The minimum atomic E-state index is -0.693. The molecule has 0 aliphatic carbocycles. The van der Waals surface area contributed by atoms with Gasteiger partial charge < -0.3 is 20.5 Å². The third kappa shape index (κ3) is 5.19. The molecule has 5 nitrogen and oxygen atoms in total. The molecule has 1 amide bonds. The van der Waals surface area contributed by atoms with E-state index in [9.17, 15) is 13.6 Å². The first-order valence-electron chi connectivity index (χ1n) is 8.78. The van der Waals surface area contributed by atoms with Crippen LogP contribution in [0.3, 0.4) is 0 Å². The maximum atomic E-state index is 14.3. The lowest BCUT2D eigenvalue weighted by molar-refractivity contribution is -0.130. The highest BCUT2D eigenvalue weighted by atomic mass is 35.5. The zero-order valence-corrected chi connectivity index (χ0v) is 16.1. The van der Waals surface area contributed by atoms with Crippen LogP contribution < -0.4 is 15.8 Å². The van der Waals surface area contributed by atoms with E-state index in [1.54, 1.807) is 18.2 Å². The van der Waals surface area contributed by atoms with E-state index in [1.165, 1.54) is 24.3 Å². The minimum Gasteiger partial charge on any atom is -0.486 e. The van der Waals surface area contributed by atoms with Crippen LogP contribution in [0, 0.1) is 17.0 Å². The molecule has 1 heterocycles. The molecule has 152 valence electrons. The summed E-state index contributed by atoms with van der Waals surface area (Å²) in [5, 5.41) is 2.73. The Bertz CT molecular complexity index is 814. The molecule has 0 radical (unpaired) electrons. The zero-order valence-electron chi connectivity index (χ0n) is 15.3. The number of hydrogen-bond donors (Lipinski definition) is 2. The number of nitrogens with two attached hydrogens (primary N) is 1. The Balaban J connectivity index is 0.00000280. The number of carbonyl (C=O) groups excluding carboxylic acids is 1. The van der Waals surface area contributed by atoms with Crippen molar-refractivity contribution in [3.63, 3.8) is 0 Å². The van der Waals surface area contributed by atoms with Crippen molar-refractivity contribution >= 4 is 24.0 Å². The fraction of sp³-hybridized carbons (Fsp3) is 0.350. The molecule has 0 atom stereocenters. The third-order valence-electron chi connectivity index (χ3n) is 4.80. The Labute approximate surface area is 168 Å². The highest BCUT2D eigenvalue weighted by Crippen LogP contribution is 2.31. The van der Waals surface area contributed by atoms with Gasteiger partial charge in [0.05, 0.1) is 5.41 Å². The van der Waals surface area contributed by atoms with E-state index in [0.717, 1.165) is 0 Å². The van der Waals surface area contributed by atoms with E-state index >= 15 is 0 Å². The first-order valence-corrected chi connectivity index (χ1v) is 8.78. The summed E-state index contributed by atoms with van der Waals surface area (Å²) in [6, 6.07) is 10.1. The molecule has 0 unspecified atom stereocenters. The predicted octanol–water partition coefficient (Wildman–Crippen LogP) is 3.66. The molecule has 1 aliphatic heterocycles. The minimum absolute atomic E-state index is 0. The quantitative estimate of drug-likeness (QED) is 0.759. The Morgan fingerprint density at radius 3 is 2.57 bits per heavy atom. The molecule has 0 aromatic heterocycles. The van der Waals surface area contributed by atoms with Gasteiger partial charge in [0, 0.05) is 31.5 Å². The molecule has 1 fully saturated rings. The van der Waals surface area contributed by atoms with Crippen LogP contribution in [0.25, 0.3) is 0 Å². The molecule has 2 aromatic carbocycles. The highest BCUT2D eigenvalue weighted by Gasteiger charge is 2.38. The Hall–Kier alpha value is -2.22. The van der Waals surface area contributed by atoms with E-state index in [-0.39, 0.29) is 43.0 Å². The van der Waals surface area contributed by atoms with Crippen molar-refractivity contribution in [1.82, 2.24) is 0 Å². The second-order valence-electron chi connectivity index (χ2n) is 6.61. The number of anilines is 1. The summed E-state index contributed by atoms with van der Waals surface area (Å²) < 4.78 is 38.2. The second kappa shape index (κ2) is 9.82. The van der Waals surface area contributed by atoms with E-state index in [0.29, 0.717) is 37.3 Å². The van der Waals surface area contributed by atoms with Crippen molar-refractivity contribution in [3.05, 3.63) is 59.7 Å². The average Bonchev–Trinajstić information content (AvgIpc) is 2.68. The van der Waals surface area contributed by atoms with Crippen LogP contribution in [0.2, 0.25) is 0 Å². The Morgan fingerprint density at radius 1 is 1.18 bits per heavy atom. The third-order valence-corrected chi connectivity index (χ3v) is 4.80. The Kier molecular flexibility index (Phi) is 7.74. The summed E-state index contributed by atoms with van der Waals surface area (Å²) in [5.41, 5.74) is 6.04. The lowest BCUT2D eigenvalue weighted by atomic mass is 9.79. The van der Waals surface area contributed by atoms with Crippen LogP contribution in [0.1, 0.15) is 18.4 Å². The summed E-state index contributed by atoms with van der Waals surface area (Å²) >= 11 is 0. The fourth-order valence-electron chi connectivity index (χ4n) is 3.03. The molecule has 3 N–H and O–H groups in total. The number of halogens is 3. The standard InChI is InChI=1S/C20H22F2N2O3.ClH/c21-15-3-1-2-14(10-15)12-27-18-5-4-16(11-17(18)22)24-19(25)20(13-23)6-8-26-9-7-20;/h1-5,10-11H,6-9,12-13,23H2,(H,24,25);1H. The number of nitrogens with one attached hydrogen (secondary N) is 1. The SMILES string of the molecule is Cl.NCC1(C(=O)Nc2ccc(OCc3cccc(F)c3)c(F)c2)CCOCC1. The summed E-state index contributed by atoms with van der Waals surface area (Å²) in [5.74, 6) is -1.20. The number of carbonyl (C=O) groups is 1. The van der Waals surface area contributed by atoms with Crippen LogP contribution in [0.4, 0.5) is 14.5 Å². The molecule has 0 spiro atoms. The normalized spacial score (nSPS) is 15.4. The van der Waals surface area contributed by atoms with Crippen molar-refractivity contribution in [1.29, 1.82) is 0 Å². The van der Waals surface area contributed by atoms with Gasteiger partial charge in [0.15, 0.2) is 11.6 Å². The molecule has 2 aromatic rings. The lowest BCUT2D eigenvalue weighted by Gasteiger charge is -2.34. The molecule has 1 saturated heterocycles. The van der Waals surface area contributed by atoms with Gasteiger partial charge in [0.1, 0.15) is 12.4 Å². The van der Waals surface area contributed by atoms with Gasteiger partial charge in [-0.05, 0) is 42.7 Å². The van der Waals surface area contributed by atoms with Gasteiger partial charge in [-0.25, -0.2) is 8.78 Å². The van der Waals surface area contributed by atoms with Crippen molar-refractivity contribution < 1.29 is 23.0 Å². The maximum absolute atomic E-state index is 14.3. The van der Waals surface area contributed by atoms with Crippen molar-refractivity contribution in [2.75, 3.05) is 25.1 Å². The summed E-state index contributed by atoms with van der Waals surface area (Å²) in [6.07, 6.45) is 1.07. The van der Waals surface area contributed by atoms with Crippen LogP contribution in [0.5, 0.6) is 5.75 Å². The first-order chi connectivity index (χ1) is 13.0. The largest absolute Gasteiger partial charge is 0.486 e. The second-order valence-corrected chi connectivity index (χ2v) is 6.61. The molecule has 8 heteroatoms. The van der Waals surface area contributed by atoms with Gasteiger partial charge in [-0.15, -0.1) is 12.4 Å². The summed E-state index contributed by atoms with van der Waals surface area (Å²) in [7, 11) is 0. The van der Waals surface area contributed by atoms with E-state index in [1.807, 2.05) is 0 Å². The molecule has 0 bridgehead atoms. The van der Waals surface area contributed by atoms with E-state index in [4.69, 9.17) is 15.2 Å². The van der Waals surface area contributed by atoms with Crippen LogP contribution >= 0.6 is 12.4 Å². The molecule has 28 heavy (non-hydrogen) atoms. The highest BCUT2D eigenvalue weighted by molar-refractivity contribution is 5.95. The van der Waals surface area contributed by atoms with Gasteiger partial charge in [-0.2, -0.15) is 0 Å². The van der Waals surface area contributed by atoms with E-state index in [2.05, 4.69) is 5.32 Å². The average molecular weight is 413 g/mol. The predicted molar refractivity (Wildman–Crippen MR) is 105 cm³/mol. The van der Waals surface area contributed by atoms with Crippen LogP contribution in [0.15, 0.2) is 42.5 Å². The first kappa shape index (κ1) is 22.1. The number of ether oxygens (including phenoxy) is 2. The Morgan fingerprint density at radius 2 is 1.93 bits per heavy atom. The number of hydrogen-bond acceptors (Lipinski definition) is 4. The molecule has 0 saturated carbocycles. The van der Waals surface area contributed by atoms with Crippen molar-refractivity contribution in [2.45, 2.75) is 19.4 Å². The smallest absolute Gasteiger partial charge is 0.232 e. The van der Waals surface area contributed by atoms with Crippen LogP contribution in [-0.2, 0) is 16.1 Å². The van der Waals surface area contributed by atoms with Gasteiger partial charge in [-0.1, -0.05) is 12.1 Å². The summed E-state index contributed by atoms with van der Waals surface area (Å²) in [4.78, 5) is 12.6. The van der Waals surface area contributed by atoms with E-state index < -0.39 is 11.2 Å². The molecule has 3 rings (SSSR count). The molecular formula is C20H23ClF2N2O3. The van der Waals surface area contributed by atoms with Crippen molar-refractivity contribution in [2.24, 2.45) is 11.1 Å². The van der Waals surface area contributed by atoms with Gasteiger partial charge in [0.25, 0.3) is 0 Å². The lowest BCUT2D eigenvalue weighted by Crippen LogP contribution is -2.46. The van der Waals surface area contributed by atoms with Gasteiger partial charge in [0.2, 0.25) is 5.91 Å². The number of benzene rings is 2. The monoisotopic (exact) mass is 412 g/mol. The fourth-order valence-corrected chi connectivity index (χ4v) is 3.03. The van der Waals surface area contributed by atoms with Crippen LogP contribution in [-0.4, -0.2) is 25.7 Å². The molecule has 1 aliphatic rings.